The highest BCUT2D eigenvalue weighted by molar-refractivity contribution is 5.87. The maximum Gasteiger partial charge on any atom is 0.330 e. The van der Waals surface area contributed by atoms with E-state index in [-0.39, 0.29) is 11.9 Å². The third kappa shape index (κ3) is 2.87. The van der Waals surface area contributed by atoms with Crippen molar-refractivity contribution in [1.82, 2.24) is 0 Å². The van der Waals surface area contributed by atoms with Crippen molar-refractivity contribution in [3.05, 3.63) is 11.6 Å². The molecule has 1 rings (SSSR count). The summed E-state index contributed by atoms with van der Waals surface area (Å²) < 4.78 is 9.93. The quantitative estimate of drug-likeness (QED) is 0.546. The van der Waals surface area contributed by atoms with Crippen LogP contribution in [0.2, 0.25) is 0 Å². The first-order valence-electron chi connectivity index (χ1n) is 6.09. The normalized spacial score (nSPS) is 18.2. The van der Waals surface area contributed by atoms with E-state index >= 15 is 0 Å². The van der Waals surface area contributed by atoms with E-state index < -0.39 is 5.41 Å². The second-order valence-corrected chi connectivity index (χ2v) is 4.24. The van der Waals surface area contributed by atoms with Gasteiger partial charge in [-0.2, -0.15) is 0 Å². The molecule has 0 spiro atoms. The van der Waals surface area contributed by atoms with Crippen LogP contribution in [0.15, 0.2) is 11.6 Å². The molecule has 0 saturated heterocycles. The van der Waals surface area contributed by atoms with Gasteiger partial charge in [0.05, 0.1) is 18.6 Å². The van der Waals surface area contributed by atoms with E-state index in [0.29, 0.717) is 13.2 Å². The van der Waals surface area contributed by atoms with Gasteiger partial charge in [0.25, 0.3) is 0 Å². The zero-order valence-corrected chi connectivity index (χ0v) is 10.7. The SMILES string of the molecule is CCOC(=O)C=C(C)C1(C(=O)OCC)CCC1. The van der Waals surface area contributed by atoms with Gasteiger partial charge >= 0.3 is 11.9 Å². The van der Waals surface area contributed by atoms with E-state index in [9.17, 15) is 9.59 Å². The Hall–Kier alpha value is -1.32. The molecule has 0 amide bonds. The highest BCUT2D eigenvalue weighted by Crippen LogP contribution is 2.47. The molecule has 0 atom stereocenters. The molecule has 0 heterocycles. The number of rotatable bonds is 5. The molecule has 1 fully saturated rings. The van der Waals surface area contributed by atoms with Crippen LogP contribution in [-0.2, 0) is 19.1 Å². The van der Waals surface area contributed by atoms with Gasteiger partial charge in [0.1, 0.15) is 0 Å². The lowest BCUT2D eigenvalue weighted by atomic mass is 9.64. The number of hydrogen-bond acceptors (Lipinski definition) is 4. The average Bonchev–Trinajstić information content (AvgIpc) is 2.16. The van der Waals surface area contributed by atoms with E-state index in [2.05, 4.69) is 0 Å². The molecule has 0 aromatic carbocycles. The molecule has 1 aliphatic carbocycles. The largest absolute Gasteiger partial charge is 0.465 e. The average molecular weight is 240 g/mol. The molecule has 0 N–H and O–H groups in total. The van der Waals surface area contributed by atoms with Crippen molar-refractivity contribution in [1.29, 1.82) is 0 Å². The summed E-state index contributed by atoms with van der Waals surface area (Å²) in [6.07, 6.45) is 3.92. The van der Waals surface area contributed by atoms with Crippen LogP contribution in [0, 0.1) is 5.41 Å². The van der Waals surface area contributed by atoms with Gasteiger partial charge in [0, 0.05) is 6.08 Å². The fourth-order valence-electron chi connectivity index (χ4n) is 2.06. The first kappa shape index (κ1) is 13.7. The Balaban J connectivity index is 2.79. The van der Waals surface area contributed by atoms with Crippen molar-refractivity contribution < 1.29 is 19.1 Å². The molecular weight excluding hydrogens is 220 g/mol. The summed E-state index contributed by atoms with van der Waals surface area (Å²) in [5.74, 6) is -0.607. The molecule has 1 aliphatic rings. The molecule has 0 bridgehead atoms. The topological polar surface area (TPSA) is 52.6 Å². The Morgan fingerprint density at radius 2 is 1.76 bits per heavy atom. The smallest absolute Gasteiger partial charge is 0.330 e. The lowest BCUT2D eigenvalue weighted by Crippen LogP contribution is -2.40. The summed E-state index contributed by atoms with van der Waals surface area (Å²) in [6, 6.07) is 0. The molecule has 4 heteroatoms. The Kier molecular flexibility index (Phi) is 4.73. The summed E-state index contributed by atoms with van der Waals surface area (Å²) in [5, 5.41) is 0. The van der Waals surface area contributed by atoms with Crippen LogP contribution in [0.5, 0.6) is 0 Å². The van der Waals surface area contributed by atoms with Gasteiger partial charge in [0.15, 0.2) is 0 Å². The highest BCUT2D eigenvalue weighted by atomic mass is 16.5. The van der Waals surface area contributed by atoms with Crippen molar-refractivity contribution in [3.8, 4) is 0 Å². The van der Waals surface area contributed by atoms with Gasteiger partial charge < -0.3 is 9.47 Å². The van der Waals surface area contributed by atoms with Crippen molar-refractivity contribution in [3.63, 3.8) is 0 Å². The zero-order chi connectivity index (χ0) is 12.9. The van der Waals surface area contributed by atoms with E-state index in [1.54, 1.807) is 20.8 Å². The minimum absolute atomic E-state index is 0.218. The number of ether oxygens (including phenoxy) is 2. The number of carbonyl (C=O) groups is 2. The monoisotopic (exact) mass is 240 g/mol. The Labute approximate surface area is 102 Å². The van der Waals surface area contributed by atoms with Crippen LogP contribution in [-0.4, -0.2) is 25.2 Å². The predicted molar refractivity (Wildman–Crippen MR) is 63.3 cm³/mol. The van der Waals surface area contributed by atoms with Crippen LogP contribution >= 0.6 is 0 Å². The summed E-state index contributed by atoms with van der Waals surface area (Å²) in [6.45, 7) is 6.05. The Morgan fingerprint density at radius 1 is 1.18 bits per heavy atom. The van der Waals surface area contributed by atoms with Gasteiger partial charge in [-0.05, 0) is 39.2 Å². The van der Waals surface area contributed by atoms with Crippen LogP contribution in [0.1, 0.15) is 40.0 Å². The van der Waals surface area contributed by atoms with Crippen LogP contribution in [0.3, 0.4) is 0 Å². The highest BCUT2D eigenvalue weighted by Gasteiger charge is 2.47. The lowest BCUT2D eigenvalue weighted by Gasteiger charge is -2.40. The Bertz CT molecular complexity index is 326. The molecule has 0 aromatic rings. The van der Waals surface area contributed by atoms with E-state index in [1.165, 1.54) is 6.08 Å². The summed E-state index contributed by atoms with van der Waals surface area (Å²) in [4.78, 5) is 23.3. The summed E-state index contributed by atoms with van der Waals surface area (Å²) in [7, 11) is 0. The summed E-state index contributed by atoms with van der Waals surface area (Å²) >= 11 is 0. The van der Waals surface area contributed by atoms with Gasteiger partial charge in [-0.15, -0.1) is 0 Å². The molecule has 0 aliphatic heterocycles. The third-order valence-corrected chi connectivity index (χ3v) is 3.25. The van der Waals surface area contributed by atoms with Crippen molar-refractivity contribution in [2.75, 3.05) is 13.2 Å². The fourth-order valence-corrected chi connectivity index (χ4v) is 2.06. The van der Waals surface area contributed by atoms with Gasteiger partial charge in [-0.3, -0.25) is 4.79 Å². The Morgan fingerprint density at radius 3 is 2.18 bits per heavy atom. The zero-order valence-electron chi connectivity index (χ0n) is 10.7. The maximum atomic E-state index is 11.9. The van der Waals surface area contributed by atoms with E-state index in [1.807, 2.05) is 0 Å². The fraction of sp³-hybridized carbons (Fsp3) is 0.692. The molecular formula is C13H20O4. The lowest BCUT2D eigenvalue weighted by molar-refractivity contribution is -0.157. The van der Waals surface area contributed by atoms with Crippen LogP contribution in [0.4, 0.5) is 0 Å². The maximum absolute atomic E-state index is 11.9. The minimum atomic E-state index is -0.581. The standard InChI is InChI=1S/C13H20O4/c1-4-16-11(14)9-10(3)13(7-6-8-13)12(15)17-5-2/h9H,4-8H2,1-3H3. The van der Waals surface area contributed by atoms with Crippen LogP contribution < -0.4 is 0 Å². The van der Waals surface area contributed by atoms with Gasteiger partial charge in [-0.25, -0.2) is 4.79 Å². The molecule has 1 saturated carbocycles. The van der Waals surface area contributed by atoms with Gasteiger partial charge in [0.2, 0.25) is 0 Å². The molecule has 96 valence electrons. The molecule has 4 nitrogen and oxygen atoms in total. The second kappa shape index (κ2) is 5.84. The predicted octanol–water partition coefficient (Wildman–Crippen LogP) is 2.23. The van der Waals surface area contributed by atoms with E-state index in [4.69, 9.17) is 9.47 Å². The first-order valence-corrected chi connectivity index (χ1v) is 6.09. The number of hydrogen-bond donors (Lipinski definition) is 0. The van der Waals surface area contributed by atoms with Crippen LogP contribution in [0.25, 0.3) is 0 Å². The van der Waals surface area contributed by atoms with Crippen molar-refractivity contribution >= 4 is 11.9 Å². The molecule has 0 unspecified atom stereocenters. The van der Waals surface area contributed by atoms with Gasteiger partial charge in [-0.1, -0.05) is 6.42 Å². The van der Waals surface area contributed by atoms with E-state index in [0.717, 1.165) is 24.8 Å². The summed E-state index contributed by atoms with van der Waals surface area (Å²) in [5.41, 5.74) is 0.170. The number of esters is 2. The molecule has 0 radical (unpaired) electrons. The molecule has 0 aromatic heterocycles. The number of carbonyl (C=O) groups excluding carboxylic acids is 2. The second-order valence-electron chi connectivity index (χ2n) is 4.24. The third-order valence-electron chi connectivity index (χ3n) is 3.25. The van der Waals surface area contributed by atoms with Crippen molar-refractivity contribution in [2.45, 2.75) is 40.0 Å². The van der Waals surface area contributed by atoms with Crippen molar-refractivity contribution in [2.24, 2.45) is 5.41 Å². The minimum Gasteiger partial charge on any atom is -0.465 e. The first-order chi connectivity index (χ1) is 8.06. The molecule has 17 heavy (non-hydrogen) atoms.